The Morgan fingerprint density at radius 2 is 2.15 bits per heavy atom. The van der Waals surface area contributed by atoms with Crippen molar-refractivity contribution in [2.24, 2.45) is 0 Å². The van der Waals surface area contributed by atoms with Gasteiger partial charge in [-0.2, -0.15) is 0 Å². The molecule has 13 heavy (non-hydrogen) atoms. The van der Waals surface area contributed by atoms with E-state index in [0.717, 1.165) is 4.88 Å². The molecule has 0 atom stereocenters. The molecule has 0 aliphatic carbocycles. The molecule has 64 valence electrons. The van der Waals surface area contributed by atoms with E-state index >= 15 is 0 Å². The normalized spacial score (nSPS) is 14.6. The van der Waals surface area contributed by atoms with Crippen molar-refractivity contribution < 1.29 is 4.79 Å². The Bertz CT molecular complexity index is 501. The van der Waals surface area contributed by atoms with Crippen molar-refractivity contribution in [3.05, 3.63) is 34.7 Å². The van der Waals surface area contributed by atoms with Crippen LogP contribution in [0.1, 0.15) is 15.2 Å². The monoisotopic (exact) mass is 189 g/mol. The third-order valence-corrected chi connectivity index (χ3v) is 3.54. The Hall–Kier alpha value is -1.35. The summed E-state index contributed by atoms with van der Waals surface area (Å²) in [6.07, 6.45) is 0. The van der Waals surface area contributed by atoms with E-state index in [1.807, 2.05) is 12.1 Å². The van der Waals surface area contributed by atoms with Gasteiger partial charge in [-0.3, -0.25) is 4.79 Å². The Balaban J connectivity index is 2.44. The first-order chi connectivity index (χ1) is 6.36. The molecule has 1 N–H and O–H groups in total. The van der Waals surface area contributed by atoms with Gasteiger partial charge in [-0.1, -0.05) is 18.2 Å². The van der Waals surface area contributed by atoms with Gasteiger partial charge in [0.2, 0.25) is 0 Å². The molecule has 3 rings (SSSR count). The highest BCUT2D eigenvalue weighted by Crippen LogP contribution is 2.33. The Morgan fingerprint density at radius 1 is 1.31 bits per heavy atom. The number of thiophene rings is 1. The minimum absolute atomic E-state index is 0.0798. The Kier molecular flexibility index (Phi) is 1.27. The van der Waals surface area contributed by atoms with Crippen molar-refractivity contribution in [1.29, 1.82) is 0 Å². The maximum atomic E-state index is 11.3. The fourth-order valence-electron chi connectivity index (χ4n) is 1.71. The van der Waals surface area contributed by atoms with Crippen LogP contribution >= 0.6 is 11.3 Å². The van der Waals surface area contributed by atoms with E-state index < -0.39 is 0 Å². The average molecular weight is 189 g/mol. The highest BCUT2D eigenvalue weighted by Gasteiger charge is 2.23. The number of benzene rings is 1. The van der Waals surface area contributed by atoms with E-state index in [1.165, 1.54) is 15.6 Å². The molecule has 0 saturated carbocycles. The number of carbonyl (C=O) groups is 1. The van der Waals surface area contributed by atoms with E-state index in [1.54, 1.807) is 11.3 Å². The highest BCUT2D eigenvalue weighted by atomic mass is 32.1. The number of nitrogens with one attached hydrogen (secondary N) is 1. The third-order valence-electron chi connectivity index (χ3n) is 2.33. The summed E-state index contributed by atoms with van der Waals surface area (Å²) in [5.74, 6) is 0.0798. The summed E-state index contributed by atoms with van der Waals surface area (Å²) in [4.78, 5) is 12.2. The SMILES string of the molecule is O=C1NCc2c1sc1ccccc21. The summed E-state index contributed by atoms with van der Waals surface area (Å²) in [6.45, 7) is 0.693. The molecule has 2 aromatic rings. The van der Waals surface area contributed by atoms with E-state index in [9.17, 15) is 4.79 Å². The zero-order chi connectivity index (χ0) is 8.84. The summed E-state index contributed by atoms with van der Waals surface area (Å²) in [7, 11) is 0. The van der Waals surface area contributed by atoms with Gasteiger partial charge < -0.3 is 5.32 Å². The van der Waals surface area contributed by atoms with Gasteiger partial charge in [0, 0.05) is 16.8 Å². The lowest BCUT2D eigenvalue weighted by Crippen LogP contribution is -2.12. The molecule has 0 bridgehead atoms. The number of carbonyl (C=O) groups excluding carboxylic acids is 1. The van der Waals surface area contributed by atoms with Crippen molar-refractivity contribution in [3.63, 3.8) is 0 Å². The summed E-state index contributed by atoms with van der Waals surface area (Å²) in [5, 5.41) is 4.05. The second-order valence-electron chi connectivity index (χ2n) is 3.09. The van der Waals surface area contributed by atoms with E-state index in [-0.39, 0.29) is 5.91 Å². The summed E-state index contributed by atoms with van der Waals surface area (Å²) in [5.41, 5.74) is 1.17. The molecule has 0 unspecified atom stereocenters. The zero-order valence-corrected chi connectivity index (χ0v) is 7.65. The second kappa shape index (κ2) is 2.33. The van der Waals surface area contributed by atoms with Crippen molar-refractivity contribution in [3.8, 4) is 0 Å². The molecule has 0 spiro atoms. The van der Waals surface area contributed by atoms with Crippen LogP contribution < -0.4 is 5.32 Å². The molecule has 2 nitrogen and oxygen atoms in total. The Labute approximate surface area is 79.2 Å². The van der Waals surface area contributed by atoms with Gasteiger partial charge in [-0.25, -0.2) is 0 Å². The fraction of sp³-hybridized carbons (Fsp3) is 0.100. The number of amides is 1. The van der Waals surface area contributed by atoms with Gasteiger partial charge in [-0.15, -0.1) is 11.3 Å². The molecule has 1 aliphatic rings. The van der Waals surface area contributed by atoms with Crippen LogP contribution in [0.2, 0.25) is 0 Å². The van der Waals surface area contributed by atoms with Crippen LogP contribution in [0.3, 0.4) is 0 Å². The summed E-state index contributed by atoms with van der Waals surface area (Å²) in [6, 6.07) is 8.15. The number of fused-ring (bicyclic) bond motifs is 3. The molecule has 0 fully saturated rings. The van der Waals surface area contributed by atoms with E-state index in [0.29, 0.717) is 6.54 Å². The number of hydrogen-bond acceptors (Lipinski definition) is 2. The molecule has 0 saturated heterocycles. The van der Waals surface area contributed by atoms with Crippen LogP contribution in [-0.4, -0.2) is 5.91 Å². The molecule has 2 heterocycles. The molecular weight excluding hydrogens is 182 g/mol. The summed E-state index contributed by atoms with van der Waals surface area (Å²) >= 11 is 1.58. The quantitative estimate of drug-likeness (QED) is 0.676. The van der Waals surface area contributed by atoms with Crippen LogP contribution in [0, 0.1) is 0 Å². The minimum atomic E-state index is 0.0798. The molecular formula is C10H7NOS. The zero-order valence-electron chi connectivity index (χ0n) is 6.83. The van der Waals surface area contributed by atoms with Crippen molar-refractivity contribution in [2.45, 2.75) is 6.54 Å². The Morgan fingerprint density at radius 3 is 3.08 bits per heavy atom. The first-order valence-corrected chi connectivity index (χ1v) is 4.96. The van der Waals surface area contributed by atoms with Crippen molar-refractivity contribution >= 4 is 27.3 Å². The molecule has 1 aromatic heterocycles. The lowest BCUT2D eigenvalue weighted by atomic mass is 10.1. The van der Waals surface area contributed by atoms with Gasteiger partial charge >= 0.3 is 0 Å². The van der Waals surface area contributed by atoms with Gasteiger partial charge in [0.05, 0.1) is 4.88 Å². The van der Waals surface area contributed by atoms with E-state index in [4.69, 9.17) is 0 Å². The number of hydrogen-bond donors (Lipinski definition) is 1. The maximum Gasteiger partial charge on any atom is 0.262 e. The molecule has 3 heteroatoms. The van der Waals surface area contributed by atoms with Crippen LogP contribution in [0.5, 0.6) is 0 Å². The van der Waals surface area contributed by atoms with Crippen LogP contribution in [0.25, 0.3) is 10.1 Å². The molecule has 1 aromatic carbocycles. The first-order valence-electron chi connectivity index (χ1n) is 4.15. The lowest BCUT2D eigenvalue weighted by Gasteiger charge is -1.92. The maximum absolute atomic E-state index is 11.3. The number of rotatable bonds is 0. The molecule has 0 radical (unpaired) electrons. The predicted molar refractivity (Wildman–Crippen MR) is 53.0 cm³/mol. The summed E-state index contributed by atoms with van der Waals surface area (Å²) < 4.78 is 1.21. The van der Waals surface area contributed by atoms with Crippen molar-refractivity contribution in [1.82, 2.24) is 5.32 Å². The van der Waals surface area contributed by atoms with Gasteiger partial charge in [-0.05, 0) is 11.5 Å². The topological polar surface area (TPSA) is 29.1 Å². The van der Waals surface area contributed by atoms with Gasteiger partial charge in [0.15, 0.2) is 0 Å². The van der Waals surface area contributed by atoms with E-state index in [2.05, 4.69) is 17.4 Å². The largest absolute Gasteiger partial charge is 0.347 e. The molecule has 1 aliphatic heterocycles. The fourth-order valence-corrected chi connectivity index (χ4v) is 2.84. The average Bonchev–Trinajstić information content (AvgIpc) is 2.67. The van der Waals surface area contributed by atoms with Crippen LogP contribution in [-0.2, 0) is 6.54 Å². The first kappa shape index (κ1) is 7.09. The predicted octanol–water partition coefficient (Wildman–Crippen LogP) is 2.14. The van der Waals surface area contributed by atoms with Crippen LogP contribution in [0.4, 0.5) is 0 Å². The van der Waals surface area contributed by atoms with Gasteiger partial charge in [0.25, 0.3) is 5.91 Å². The highest BCUT2D eigenvalue weighted by molar-refractivity contribution is 7.21. The van der Waals surface area contributed by atoms with Crippen molar-refractivity contribution in [2.75, 3.05) is 0 Å². The second-order valence-corrected chi connectivity index (χ2v) is 4.14. The third kappa shape index (κ3) is 0.848. The van der Waals surface area contributed by atoms with Gasteiger partial charge in [0.1, 0.15) is 0 Å². The molecule has 1 amide bonds. The smallest absolute Gasteiger partial charge is 0.262 e. The minimum Gasteiger partial charge on any atom is -0.347 e. The standard InChI is InChI=1S/C10H7NOS/c12-10-9-7(5-11-10)6-3-1-2-4-8(6)13-9/h1-4H,5H2,(H,11,12). The lowest BCUT2D eigenvalue weighted by molar-refractivity contribution is 0.0969. The van der Waals surface area contributed by atoms with Crippen LogP contribution in [0.15, 0.2) is 24.3 Å².